The third-order valence-electron chi connectivity index (χ3n) is 8.44. The number of phenolic OH excluding ortho intramolecular Hbond substituents is 1. The minimum atomic E-state index is -0.472. The molecule has 2 aromatic rings. The van der Waals surface area contributed by atoms with E-state index in [1.54, 1.807) is 0 Å². The molecule has 0 bridgehead atoms. The Labute approximate surface area is 219 Å². The van der Waals surface area contributed by atoms with E-state index < -0.39 is 16.5 Å². The summed E-state index contributed by atoms with van der Waals surface area (Å²) < 4.78 is 0. The molecule has 0 radical (unpaired) electrons. The molecule has 0 saturated heterocycles. The van der Waals surface area contributed by atoms with E-state index in [1.165, 1.54) is 11.1 Å². The second-order valence-electron chi connectivity index (χ2n) is 10.2. The predicted molar refractivity (Wildman–Crippen MR) is 134 cm³/mol. The summed E-state index contributed by atoms with van der Waals surface area (Å²) in [6.45, 7) is 3.73. The zero-order chi connectivity index (χ0) is 24.1. The number of aryl methyl sites for hydroxylation is 1. The number of halogens is 2. The third-order valence-corrected chi connectivity index (χ3v) is 8.44. The van der Waals surface area contributed by atoms with Crippen LogP contribution in [0.25, 0.3) is 5.32 Å². The van der Waals surface area contributed by atoms with Gasteiger partial charge in [0.05, 0.1) is 0 Å². The van der Waals surface area contributed by atoms with Crippen LogP contribution in [0.4, 0.5) is 0 Å². The van der Waals surface area contributed by atoms with Crippen LogP contribution in [0.3, 0.4) is 0 Å². The van der Waals surface area contributed by atoms with Gasteiger partial charge >= 0.3 is 35.3 Å². The second kappa shape index (κ2) is 11.9. The maximum absolute atomic E-state index is 13.4. The van der Waals surface area contributed by atoms with Crippen LogP contribution in [-0.2, 0) is 34.2 Å². The first-order valence-corrected chi connectivity index (χ1v) is 17.8. The van der Waals surface area contributed by atoms with Crippen LogP contribution >= 0.6 is 18.8 Å². The van der Waals surface area contributed by atoms with E-state index in [1.807, 2.05) is 36.5 Å². The van der Waals surface area contributed by atoms with Gasteiger partial charge in [0.15, 0.2) is 0 Å². The normalized spacial score (nSPS) is 29.6. The number of ketones is 1. The van der Waals surface area contributed by atoms with Crippen molar-refractivity contribution in [1.82, 2.24) is 4.98 Å². The van der Waals surface area contributed by atoms with E-state index in [4.69, 9.17) is 18.8 Å². The average Bonchev–Trinajstić information content (AvgIpc) is 3.10. The van der Waals surface area contributed by atoms with Crippen molar-refractivity contribution >= 4 is 24.6 Å². The monoisotopic (exact) mass is 682 g/mol. The molecular formula is C27H33Cl2N2O2Pt-. The average molecular weight is 684 g/mol. The molecule has 0 aliphatic heterocycles. The van der Waals surface area contributed by atoms with Crippen LogP contribution in [0.5, 0.6) is 5.75 Å². The Balaban J connectivity index is 0.000000868. The number of aromatic hydroxyl groups is 1. The molecular weight excluding hydrogens is 650 g/mol. The van der Waals surface area contributed by atoms with Crippen molar-refractivity contribution in [1.29, 1.82) is 0 Å². The molecule has 0 spiro atoms. The molecule has 4 nitrogen and oxygen atoms in total. The number of rotatable bonds is 6. The summed E-state index contributed by atoms with van der Waals surface area (Å²) >= 11 is -0.472. The van der Waals surface area contributed by atoms with Crippen molar-refractivity contribution in [3.8, 4) is 5.75 Å². The molecule has 3 aliphatic carbocycles. The number of hydrogen-bond acceptors (Lipinski definition) is 3. The summed E-state index contributed by atoms with van der Waals surface area (Å²) in [6.07, 6.45) is 9.13. The minimum absolute atomic E-state index is 0.134. The van der Waals surface area contributed by atoms with Crippen molar-refractivity contribution in [2.24, 2.45) is 23.2 Å². The summed E-state index contributed by atoms with van der Waals surface area (Å²) in [6, 6.07) is 11.9. The molecule has 7 heteroatoms. The number of carbonyl (C=O) groups is 1. The number of hydrogen-bond donors (Lipinski definition) is 1. The fourth-order valence-electron chi connectivity index (χ4n) is 6.89. The van der Waals surface area contributed by atoms with Gasteiger partial charge in [-0.25, -0.2) is 0 Å². The molecule has 1 heterocycles. The SMILES string of the molecule is C[C@]12CCC3c4ccc(O)cc4CCC3C1CC(CCC[N-]Cc1ccccn1)C2=O.[Cl][Pt][Cl]. The fourth-order valence-corrected chi connectivity index (χ4v) is 6.89. The van der Waals surface area contributed by atoms with Crippen LogP contribution in [0, 0.1) is 23.2 Å². The molecule has 188 valence electrons. The predicted octanol–water partition coefficient (Wildman–Crippen LogP) is 7.17. The van der Waals surface area contributed by atoms with E-state index in [-0.39, 0.29) is 11.3 Å². The number of fused-ring (bicyclic) bond motifs is 5. The molecule has 2 saturated carbocycles. The molecule has 5 atom stereocenters. The Morgan fingerprint density at radius 3 is 2.82 bits per heavy atom. The molecule has 1 aromatic heterocycles. The van der Waals surface area contributed by atoms with E-state index in [9.17, 15) is 9.90 Å². The summed E-state index contributed by atoms with van der Waals surface area (Å²) in [4.78, 5) is 17.8. The number of Topliss-reactive ketones (excluding diaryl/α,β-unsaturated/α-hetero) is 1. The van der Waals surface area contributed by atoms with E-state index in [2.05, 4.69) is 23.3 Å². The number of benzene rings is 1. The number of phenols is 1. The van der Waals surface area contributed by atoms with Crippen molar-refractivity contribution in [2.45, 2.75) is 64.3 Å². The van der Waals surface area contributed by atoms with Crippen molar-refractivity contribution < 1.29 is 26.4 Å². The number of nitrogens with zero attached hydrogens (tertiary/aromatic N) is 2. The number of aromatic nitrogens is 1. The quantitative estimate of drug-likeness (QED) is 0.329. The molecule has 1 aromatic carbocycles. The number of pyridine rings is 1. The van der Waals surface area contributed by atoms with Crippen LogP contribution in [0.15, 0.2) is 42.6 Å². The summed E-state index contributed by atoms with van der Waals surface area (Å²) in [5.74, 6) is 2.79. The van der Waals surface area contributed by atoms with Gasteiger partial charge in [-0.3, -0.25) is 9.78 Å². The summed E-state index contributed by atoms with van der Waals surface area (Å²) in [5, 5.41) is 14.5. The Hall–Kier alpha value is -0.932. The topological polar surface area (TPSA) is 64.3 Å². The van der Waals surface area contributed by atoms with Crippen molar-refractivity contribution in [3.05, 3.63) is 64.7 Å². The van der Waals surface area contributed by atoms with Crippen LogP contribution < -0.4 is 0 Å². The second-order valence-corrected chi connectivity index (χ2v) is 13.4. The summed E-state index contributed by atoms with van der Waals surface area (Å²) in [5.41, 5.74) is 3.63. The molecule has 5 rings (SSSR count). The van der Waals surface area contributed by atoms with Gasteiger partial charge in [0, 0.05) is 23.2 Å². The zero-order valence-electron chi connectivity index (χ0n) is 19.5. The van der Waals surface area contributed by atoms with Crippen LogP contribution in [-0.4, -0.2) is 22.4 Å². The van der Waals surface area contributed by atoms with Gasteiger partial charge in [-0.2, -0.15) is 0 Å². The molecule has 34 heavy (non-hydrogen) atoms. The first-order chi connectivity index (χ1) is 16.5. The molecule has 2 fully saturated rings. The van der Waals surface area contributed by atoms with Gasteiger partial charge in [0.25, 0.3) is 0 Å². The molecule has 1 N–H and O–H groups in total. The van der Waals surface area contributed by atoms with Crippen molar-refractivity contribution in [3.63, 3.8) is 0 Å². The summed E-state index contributed by atoms with van der Waals surface area (Å²) in [7, 11) is 9.75. The van der Waals surface area contributed by atoms with E-state index in [0.29, 0.717) is 35.8 Å². The fraction of sp³-hybridized carbons (Fsp3) is 0.556. The Kier molecular flexibility index (Phi) is 9.13. The zero-order valence-corrected chi connectivity index (χ0v) is 23.3. The third kappa shape index (κ3) is 5.56. The Morgan fingerprint density at radius 1 is 1.24 bits per heavy atom. The van der Waals surface area contributed by atoms with Crippen molar-refractivity contribution in [2.75, 3.05) is 6.54 Å². The maximum atomic E-state index is 13.4. The van der Waals surface area contributed by atoms with Gasteiger partial charge in [-0.15, -0.1) is 13.1 Å². The Morgan fingerprint density at radius 2 is 2.06 bits per heavy atom. The molecule has 4 unspecified atom stereocenters. The van der Waals surface area contributed by atoms with E-state index >= 15 is 0 Å². The molecule has 0 amide bonds. The van der Waals surface area contributed by atoms with Gasteiger partial charge in [0.1, 0.15) is 11.5 Å². The molecule has 3 aliphatic rings. The van der Waals surface area contributed by atoms with Gasteiger partial charge in [-0.05, 0) is 91.7 Å². The van der Waals surface area contributed by atoms with Crippen LogP contribution in [0.2, 0.25) is 0 Å². The van der Waals surface area contributed by atoms with Crippen LogP contribution in [0.1, 0.15) is 68.2 Å². The standard InChI is InChI=1S/C27H33N2O2.2ClH.Pt/c1-27-12-11-23-22-10-8-21(30)15-18(22)7-9-24(23)25(27)16-19(26(27)31)5-4-13-28-17-20-6-2-3-14-29-20;;;/h2-3,6,8,10,14-15,19,23-25,30H,4-5,7,9,11-13,16-17H2,1H3;2*1H;/q-1;;;+2/p-2/t19?,23?,24?,25?,27-;;;/m0.../s1. The van der Waals surface area contributed by atoms with E-state index in [0.717, 1.165) is 57.2 Å². The first kappa shape index (κ1) is 26.1. The first-order valence-electron chi connectivity index (χ1n) is 12.2. The van der Waals surface area contributed by atoms with Gasteiger partial charge in [0.2, 0.25) is 0 Å². The Bertz CT molecular complexity index is 976. The number of carbonyl (C=O) groups excluding carboxylic acids is 1. The van der Waals surface area contributed by atoms with Gasteiger partial charge in [-0.1, -0.05) is 25.5 Å². The van der Waals surface area contributed by atoms with Gasteiger partial charge < -0.3 is 10.4 Å².